The zero-order chi connectivity index (χ0) is 25.1. The summed E-state index contributed by atoms with van der Waals surface area (Å²) in [6.07, 6.45) is 2.32. The van der Waals surface area contributed by atoms with Crippen molar-refractivity contribution in [2.45, 2.75) is 37.3 Å². The van der Waals surface area contributed by atoms with Crippen LogP contribution < -0.4 is 4.74 Å². The third-order valence-electron chi connectivity index (χ3n) is 8.11. The first-order valence-corrected chi connectivity index (χ1v) is 13.6. The molecule has 194 valence electrons. The number of piperidine rings is 1. The highest BCUT2D eigenvalue weighted by molar-refractivity contribution is 6.42. The first-order chi connectivity index (χ1) is 17.5. The minimum Gasteiger partial charge on any atom is -0.497 e. The number of hydrogen-bond donors (Lipinski definition) is 0. The molecular formula is C28H35Cl2N3O3. The van der Waals surface area contributed by atoms with Crippen molar-refractivity contribution in [2.75, 3.05) is 59.6 Å². The minimum absolute atomic E-state index is 0.162. The number of hydrogen-bond acceptors (Lipinski definition) is 5. The summed E-state index contributed by atoms with van der Waals surface area (Å²) in [5.74, 6) is 1.00. The van der Waals surface area contributed by atoms with Crippen LogP contribution in [-0.2, 0) is 21.5 Å². The predicted molar refractivity (Wildman–Crippen MR) is 143 cm³/mol. The van der Waals surface area contributed by atoms with Gasteiger partial charge in [0.05, 0.1) is 30.4 Å². The van der Waals surface area contributed by atoms with E-state index in [-0.39, 0.29) is 11.3 Å². The van der Waals surface area contributed by atoms with Gasteiger partial charge >= 0.3 is 0 Å². The molecule has 1 atom stereocenters. The summed E-state index contributed by atoms with van der Waals surface area (Å²) in [6.45, 7) is 8.20. The Bertz CT molecular complexity index is 1070. The first-order valence-electron chi connectivity index (χ1n) is 12.9. The summed E-state index contributed by atoms with van der Waals surface area (Å²) in [5, 5.41) is 1.13. The predicted octanol–water partition coefficient (Wildman–Crippen LogP) is 4.47. The molecule has 0 radical (unpaired) electrons. The molecule has 0 N–H and O–H groups in total. The summed E-state index contributed by atoms with van der Waals surface area (Å²) in [7, 11) is 1.67. The summed E-state index contributed by atoms with van der Waals surface area (Å²) in [4.78, 5) is 20.1. The third kappa shape index (κ3) is 5.68. The molecule has 5 rings (SSSR count). The first kappa shape index (κ1) is 25.8. The Morgan fingerprint density at radius 1 is 1.08 bits per heavy atom. The fraction of sp³-hybridized carbons (Fsp3) is 0.536. The molecule has 0 unspecified atom stereocenters. The van der Waals surface area contributed by atoms with Crippen molar-refractivity contribution >= 4 is 29.1 Å². The largest absolute Gasteiger partial charge is 0.497 e. The van der Waals surface area contributed by atoms with Gasteiger partial charge in [0.2, 0.25) is 5.91 Å². The van der Waals surface area contributed by atoms with Crippen LogP contribution in [0.4, 0.5) is 0 Å². The van der Waals surface area contributed by atoms with Crippen LogP contribution in [0.2, 0.25) is 10.0 Å². The van der Waals surface area contributed by atoms with Gasteiger partial charge in [-0.2, -0.15) is 0 Å². The molecule has 0 spiro atoms. The lowest BCUT2D eigenvalue weighted by Gasteiger charge is -2.49. The number of likely N-dealkylation sites (tertiary alicyclic amines) is 2. The number of nitrogens with zero attached hydrogens (tertiary/aromatic N) is 3. The molecule has 0 bridgehead atoms. The molecule has 3 saturated heterocycles. The summed E-state index contributed by atoms with van der Waals surface area (Å²) in [5.41, 5.74) is 2.08. The lowest BCUT2D eigenvalue weighted by Crippen LogP contribution is -2.62. The Balaban J connectivity index is 1.31. The fourth-order valence-electron chi connectivity index (χ4n) is 5.85. The van der Waals surface area contributed by atoms with Crippen molar-refractivity contribution in [2.24, 2.45) is 0 Å². The maximum atomic E-state index is 13.0. The van der Waals surface area contributed by atoms with Crippen molar-refractivity contribution in [1.82, 2.24) is 14.7 Å². The van der Waals surface area contributed by atoms with Gasteiger partial charge in [0, 0.05) is 57.1 Å². The van der Waals surface area contributed by atoms with E-state index in [2.05, 4.69) is 21.9 Å². The van der Waals surface area contributed by atoms with Crippen LogP contribution in [0.1, 0.15) is 30.4 Å². The van der Waals surface area contributed by atoms with Gasteiger partial charge in [-0.05, 0) is 54.8 Å². The van der Waals surface area contributed by atoms with E-state index in [1.165, 1.54) is 5.56 Å². The average molecular weight is 533 g/mol. The number of carbonyl (C=O) groups excluding carboxylic acids is 1. The molecule has 0 aliphatic carbocycles. The number of halogens is 2. The van der Waals surface area contributed by atoms with Gasteiger partial charge in [0.25, 0.3) is 0 Å². The van der Waals surface area contributed by atoms with Crippen LogP contribution >= 0.6 is 23.2 Å². The van der Waals surface area contributed by atoms with Crippen molar-refractivity contribution in [1.29, 1.82) is 0 Å². The van der Waals surface area contributed by atoms with E-state index in [1.54, 1.807) is 7.11 Å². The summed E-state index contributed by atoms with van der Waals surface area (Å²) in [6, 6.07) is 14.6. The second-order valence-electron chi connectivity index (χ2n) is 10.3. The SMILES string of the molecule is COc1cccc(CN2C[C@@](CCN3CC(N4CCOCC4)C3)(c3ccc(Cl)c(Cl)c3)CCC2=O)c1. The number of rotatable bonds is 8. The molecule has 1 amide bonds. The molecule has 36 heavy (non-hydrogen) atoms. The Hall–Kier alpha value is -1.83. The van der Waals surface area contributed by atoms with E-state index in [0.717, 1.165) is 70.1 Å². The van der Waals surface area contributed by atoms with Gasteiger partial charge in [-0.1, -0.05) is 41.4 Å². The van der Waals surface area contributed by atoms with E-state index in [9.17, 15) is 4.79 Å². The van der Waals surface area contributed by atoms with Gasteiger partial charge in [-0.25, -0.2) is 0 Å². The van der Waals surface area contributed by atoms with Gasteiger partial charge in [0.15, 0.2) is 0 Å². The standard InChI is InChI=1S/C28H35Cl2N3O3/c1-35-24-4-2-3-21(15-24)17-33-20-28(8-7-27(33)34,22-5-6-25(29)26(30)16-22)9-10-31-18-23(19-31)32-11-13-36-14-12-32/h2-6,15-16,23H,7-14,17-20H2,1H3/t28-/m1/s1. The number of amides is 1. The summed E-state index contributed by atoms with van der Waals surface area (Å²) < 4.78 is 10.9. The maximum Gasteiger partial charge on any atom is 0.222 e. The minimum atomic E-state index is -0.162. The number of benzene rings is 2. The lowest BCUT2D eigenvalue weighted by molar-refractivity contribution is -0.136. The topological polar surface area (TPSA) is 45.2 Å². The number of carbonyl (C=O) groups is 1. The Morgan fingerprint density at radius 2 is 1.89 bits per heavy atom. The molecule has 0 saturated carbocycles. The highest BCUT2D eigenvalue weighted by Gasteiger charge is 2.42. The highest BCUT2D eigenvalue weighted by Crippen LogP contribution is 2.41. The molecule has 2 aromatic rings. The zero-order valence-corrected chi connectivity index (χ0v) is 22.4. The smallest absolute Gasteiger partial charge is 0.222 e. The van der Waals surface area contributed by atoms with Crippen LogP contribution in [0, 0.1) is 0 Å². The normalized spacial score (nSPS) is 24.1. The van der Waals surface area contributed by atoms with E-state index in [4.69, 9.17) is 32.7 Å². The molecule has 0 aromatic heterocycles. The molecule has 3 aliphatic heterocycles. The second-order valence-corrected chi connectivity index (χ2v) is 11.1. The van der Waals surface area contributed by atoms with E-state index >= 15 is 0 Å². The summed E-state index contributed by atoms with van der Waals surface area (Å²) >= 11 is 12.7. The average Bonchev–Trinajstić information content (AvgIpc) is 2.87. The number of methoxy groups -OCH3 is 1. The zero-order valence-electron chi connectivity index (χ0n) is 20.9. The molecule has 6 nitrogen and oxygen atoms in total. The monoisotopic (exact) mass is 531 g/mol. The molecule has 3 fully saturated rings. The van der Waals surface area contributed by atoms with Crippen molar-refractivity contribution < 1.29 is 14.3 Å². The van der Waals surface area contributed by atoms with Crippen molar-refractivity contribution in [3.05, 3.63) is 63.6 Å². The highest BCUT2D eigenvalue weighted by atomic mass is 35.5. The van der Waals surface area contributed by atoms with Gasteiger partial charge in [-0.3, -0.25) is 9.69 Å². The van der Waals surface area contributed by atoms with Crippen LogP contribution in [0.5, 0.6) is 5.75 Å². The van der Waals surface area contributed by atoms with E-state index < -0.39 is 0 Å². The molecular weight excluding hydrogens is 497 g/mol. The van der Waals surface area contributed by atoms with Gasteiger partial charge in [0.1, 0.15) is 5.75 Å². The third-order valence-corrected chi connectivity index (χ3v) is 8.85. The van der Waals surface area contributed by atoms with E-state index in [0.29, 0.717) is 35.6 Å². The van der Waals surface area contributed by atoms with Crippen LogP contribution in [0.25, 0.3) is 0 Å². The maximum absolute atomic E-state index is 13.0. The number of morpholine rings is 1. The van der Waals surface area contributed by atoms with Crippen molar-refractivity contribution in [3.63, 3.8) is 0 Å². The fourth-order valence-corrected chi connectivity index (χ4v) is 6.15. The van der Waals surface area contributed by atoms with Crippen LogP contribution in [-0.4, -0.2) is 86.2 Å². The number of ether oxygens (including phenoxy) is 2. The molecule has 2 aromatic carbocycles. The Kier molecular flexibility index (Phi) is 8.08. The quantitative estimate of drug-likeness (QED) is 0.502. The van der Waals surface area contributed by atoms with Gasteiger partial charge < -0.3 is 19.3 Å². The molecule has 8 heteroatoms. The second kappa shape index (κ2) is 11.3. The van der Waals surface area contributed by atoms with Crippen LogP contribution in [0.15, 0.2) is 42.5 Å². The molecule has 3 aliphatic rings. The van der Waals surface area contributed by atoms with Crippen molar-refractivity contribution in [3.8, 4) is 5.75 Å². The molecule has 3 heterocycles. The lowest BCUT2D eigenvalue weighted by atomic mass is 9.71. The van der Waals surface area contributed by atoms with Crippen LogP contribution in [0.3, 0.4) is 0 Å². The van der Waals surface area contributed by atoms with Gasteiger partial charge in [-0.15, -0.1) is 0 Å². The van der Waals surface area contributed by atoms with E-state index in [1.807, 2.05) is 35.2 Å². The Morgan fingerprint density at radius 3 is 2.64 bits per heavy atom. The Labute approximate surface area is 224 Å².